The number of phenols is 1. The molecule has 2 N–H and O–H groups in total. The number of Topliss-reactive ketones (excluding diaryl/α,β-unsaturated/α-hetero) is 1. The van der Waals surface area contributed by atoms with Gasteiger partial charge in [-0.2, -0.15) is 0 Å². The predicted molar refractivity (Wildman–Crippen MR) is 121 cm³/mol. The van der Waals surface area contributed by atoms with Crippen LogP contribution in [0.25, 0.3) is 0 Å². The van der Waals surface area contributed by atoms with Gasteiger partial charge in [-0.3, -0.25) is 20.2 Å². The second kappa shape index (κ2) is 9.12. The average molecular weight is 446 g/mol. The van der Waals surface area contributed by atoms with Crippen molar-refractivity contribution < 1.29 is 24.4 Å². The highest BCUT2D eigenvalue weighted by molar-refractivity contribution is 5.85. The van der Waals surface area contributed by atoms with Gasteiger partial charge in [0.1, 0.15) is 12.4 Å². The summed E-state index contributed by atoms with van der Waals surface area (Å²) in [4.78, 5) is 33.6. The van der Waals surface area contributed by atoms with Crippen molar-refractivity contribution in [3.8, 4) is 5.75 Å². The Kier molecular flexibility index (Phi) is 6.08. The minimum Gasteiger partial charge on any atom is -0.502 e. The number of ether oxygens (including phenoxy) is 1. The van der Waals surface area contributed by atoms with Crippen molar-refractivity contribution in [2.45, 2.75) is 32.8 Å². The number of nitrogens with one attached hydrogen (secondary N) is 1. The quantitative estimate of drug-likeness (QED) is 0.328. The maximum Gasteiger partial charge on any atom is 0.411 e. The number of anilines is 1. The average Bonchev–Trinajstić information content (AvgIpc) is 2.75. The number of ketones is 1. The van der Waals surface area contributed by atoms with Crippen molar-refractivity contribution in [1.29, 1.82) is 0 Å². The number of hydrogen-bond acceptors (Lipinski definition) is 6. The van der Waals surface area contributed by atoms with Crippen LogP contribution >= 0.6 is 0 Å². The van der Waals surface area contributed by atoms with Crippen LogP contribution in [0.15, 0.2) is 54.6 Å². The van der Waals surface area contributed by atoms with Gasteiger partial charge in [-0.25, -0.2) is 4.79 Å². The predicted octanol–water partition coefficient (Wildman–Crippen LogP) is 4.68. The van der Waals surface area contributed by atoms with Crippen LogP contribution in [0.3, 0.4) is 0 Å². The molecule has 1 amide bonds. The molecular weight excluding hydrogens is 424 g/mol. The summed E-state index contributed by atoms with van der Waals surface area (Å²) in [6.45, 7) is 1.64. The number of amides is 1. The first-order valence-electron chi connectivity index (χ1n) is 10.4. The first-order chi connectivity index (χ1) is 15.8. The molecule has 0 spiro atoms. The van der Waals surface area contributed by atoms with E-state index in [1.54, 1.807) is 6.92 Å². The molecular formula is C25H22N2O6. The van der Waals surface area contributed by atoms with E-state index in [0.29, 0.717) is 6.42 Å². The zero-order valence-electron chi connectivity index (χ0n) is 18.0. The van der Waals surface area contributed by atoms with Crippen LogP contribution in [-0.4, -0.2) is 21.9 Å². The minimum atomic E-state index is -0.736. The van der Waals surface area contributed by atoms with Gasteiger partial charge in [0.25, 0.3) is 0 Å². The van der Waals surface area contributed by atoms with E-state index < -0.39 is 22.5 Å². The van der Waals surface area contributed by atoms with Crippen LogP contribution in [0.5, 0.6) is 5.75 Å². The Balaban J connectivity index is 1.39. The zero-order valence-corrected chi connectivity index (χ0v) is 18.0. The Morgan fingerprint density at radius 1 is 0.970 bits per heavy atom. The third-order valence-electron chi connectivity index (χ3n) is 5.54. The molecule has 0 unspecified atom stereocenters. The Labute approximate surface area is 190 Å². The lowest BCUT2D eigenvalue weighted by Crippen LogP contribution is -2.14. The molecule has 4 rings (SSSR count). The van der Waals surface area contributed by atoms with E-state index in [1.165, 1.54) is 22.8 Å². The van der Waals surface area contributed by atoms with Crippen LogP contribution in [0.2, 0.25) is 0 Å². The molecule has 0 radical (unpaired) electrons. The summed E-state index contributed by atoms with van der Waals surface area (Å²) >= 11 is 0. The van der Waals surface area contributed by atoms with Gasteiger partial charge in [-0.05, 0) is 59.2 Å². The van der Waals surface area contributed by atoms with Gasteiger partial charge >= 0.3 is 11.8 Å². The smallest absolute Gasteiger partial charge is 0.411 e. The summed E-state index contributed by atoms with van der Waals surface area (Å²) in [5.74, 6) is -0.410. The highest BCUT2D eigenvalue weighted by atomic mass is 16.6. The molecule has 0 aromatic heterocycles. The molecule has 0 fully saturated rings. The summed E-state index contributed by atoms with van der Waals surface area (Å²) in [6.07, 6.45) is 1.25. The Morgan fingerprint density at radius 3 is 2.24 bits per heavy atom. The van der Waals surface area contributed by atoms with Crippen molar-refractivity contribution in [1.82, 2.24) is 0 Å². The second-order valence-electron chi connectivity index (χ2n) is 8.10. The number of hydrogen-bond donors (Lipinski definition) is 2. The van der Waals surface area contributed by atoms with Crippen LogP contribution in [-0.2, 0) is 35.4 Å². The van der Waals surface area contributed by atoms with Gasteiger partial charge in [0, 0.05) is 24.2 Å². The fourth-order valence-corrected chi connectivity index (χ4v) is 3.99. The summed E-state index contributed by atoms with van der Waals surface area (Å²) in [7, 11) is 0. The van der Waals surface area contributed by atoms with E-state index in [2.05, 4.69) is 17.4 Å². The number of phenolic OH excluding ortho intramolecular Hbond substituents is 1. The van der Waals surface area contributed by atoms with Crippen molar-refractivity contribution in [2.75, 3.05) is 5.32 Å². The number of benzene rings is 3. The van der Waals surface area contributed by atoms with E-state index in [9.17, 15) is 24.8 Å². The molecule has 0 bridgehead atoms. The van der Waals surface area contributed by atoms with Crippen molar-refractivity contribution >= 4 is 23.3 Å². The molecule has 8 nitrogen and oxygen atoms in total. The lowest BCUT2D eigenvalue weighted by molar-refractivity contribution is -0.385. The molecule has 0 saturated heterocycles. The maximum absolute atomic E-state index is 12.1. The van der Waals surface area contributed by atoms with Gasteiger partial charge in [-0.15, -0.1) is 0 Å². The Bertz CT molecular complexity index is 1270. The highest BCUT2D eigenvalue weighted by Crippen LogP contribution is 2.30. The fourth-order valence-electron chi connectivity index (χ4n) is 3.99. The summed E-state index contributed by atoms with van der Waals surface area (Å²) in [5.41, 5.74) is 6.42. The topological polar surface area (TPSA) is 119 Å². The SMILES string of the molecule is CC(=O)Cc1ccc2c(c1)Cc1cc(COC(=O)Nc3ccc([N+](=O)[O-])c(O)c3)ccc1C2. The number of aromatic hydroxyl groups is 1. The van der Waals surface area contributed by atoms with E-state index in [0.717, 1.165) is 41.7 Å². The van der Waals surface area contributed by atoms with Crippen LogP contribution in [0.4, 0.5) is 16.2 Å². The number of rotatable bonds is 6. The number of carbonyl (C=O) groups excluding carboxylic acids is 2. The standard InChI is InChI=1S/C25H22N2O6/c1-15(28)8-16-2-4-18-11-19-5-3-17(10-21(19)12-20(18)9-16)14-33-25(30)26-22-6-7-23(27(31)32)24(29)13-22/h2-7,9-10,13,29H,8,11-12,14H2,1H3,(H,26,30). The molecule has 3 aromatic rings. The van der Waals surface area contributed by atoms with Crippen molar-refractivity contribution in [2.24, 2.45) is 0 Å². The largest absolute Gasteiger partial charge is 0.502 e. The van der Waals surface area contributed by atoms with Gasteiger partial charge in [-0.1, -0.05) is 36.4 Å². The fraction of sp³-hybridized carbons (Fsp3) is 0.200. The van der Waals surface area contributed by atoms with E-state index in [-0.39, 0.29) is 18.1 Å². The first kappa shape index (κ1) is 22.0. The molecule has 0 heterocycles. The molecule has 0 saturated carbocycles. The monoisotopic (exact) mass is 446 g/mol. The minimum absolute atomic E-state index is 0.0509. The highest BCUT2D eigenvalue weighted by Gasteiger charge is 2.17. The third-order valence-corrected chi connectivity index (χ3v) is 5.54. The number of nitrogens with zero attached hydrogens (tertiary/aromatic N) is 1. The van der Waals surface area contributed by atoms with Gasteiger partial charge in [0.15, 0.2) is 5.75 Å². The molecule has 0 aliphatic heterocycles. The van der Waals surface area contributed by atoms with E-state index in [1.807, 2.05) is 24.3 Å². The molecule has 3 aromatic carbocycles. The molecule has 33 heavy (non-hydrogen) atoms. The number of nitro benzene ring substituents is 1. The number of fused-ring (bicyclic) bond motifs is 2. The Morgan fingerprint density at radius 2 is 1.61 bits per heavy atom. The first-order valence-corrected chi connectivity index (χ1v) is 10.4. The lowest BCUT2D eigenvalue weighted by Gasteiger charge is -2.21. The zero-order chi connectivity index (χ0) is 23.5. The molecule has 0 atom stereocenters. The van der Waals surface area contributed by atoms with Gasteiger partial charge in [0.2, 0.25) is 0 Å². The normalized spacial score (nSPS) is 11.8. The van der Waals surface area contributed by atoms with Crippen molar-refractivity contribution in [3.05, 3.63) is 98.1 Å². The van der Waals surface area contributed by atoms with Gasteiger partial charge in [0.05, 0.1) is 4.92 Å². The number of nitro groups is 1. The molecule has 1 aliphatic rings. The maximum atomic E-state index is 12.1. The summed E-state index contributed by atoms with van der Waals surface area (Å²) in [5, 5.41) is 22.9. The third kappa shape index (κ3) is 5.17. The lowest BCUT2D eigenvalue weighted by atomic mass is 9.84. The number of carbonyl (C=O) groups is 2. The second-order valence-corrected chi connectivity index (χ2v) is 8.10. The van der Waals surface area contributed by atoms with E-state index in [4.69, 9.17) is 4.74 Å². The molecule has 168 valence electrons. The Hall–Kier alpha value is -4.20. The molecule has 8 heteroatoms. The van der Waals surface area contributed by atoms with Gasteiger partial charge < -0.3 is 9.84 Å². The van der Waals surface area contributed by atoms with Crippen molar-refractivity contribution in [3.63, 3.8) is 0 Å². The van der Waals surface area contributed by atoms with Crippen LogP contribution in [0, 0.1) is 10.1 Å². The van der Waals surface area contributed by atoms with Crippen LogP contribution in [0.1, 0.15) is 40.3 Å². The van der Waals surface area contributed by atoms with E-state index >= 15 is 0 Å². The molecule has 1 aliphatic carbocycles. The van der Waals surface area contributed by atoms with Crippen LogP contribution < -0.4 is 5.32 Å². The summed E-state index contributed by atoms with van der Waals surface area (Å²) in [6, 6.07) is 15.7. The summed E-state index contributed by atoms with van der Waals surface area (Å²) < 4.78 is 5.27.